The van der Waals surface area contributed by atoms with Gasteiger partial charge in [0.1, 0.15) is 11.6 Å². The number of hydrogen-bond donors (Lipinski definition) is 0. The minimum absolute atomic E-state index is 0.0719. The molecule has 0 aliphatic rings. The van der Waals surface area contributed by atoms with Gasteiger partial charge in [0.05, 0.1) is 5.92 Å². The van der Waals surface area contributed by atoms with Crippen molar-refractivity contribution in [2.75, 3.05) is 0 Å². The topological polar surface area (TPSA) is 34.1 Å². The Morgan fingerprint density at radius 1 is 1.05 bits per heavy atom. The Balaban J connectivity index is 2.35. The van der Waals surface area contributed by atoms with Crippen molar-refractivity contribution in [3.63, 3.8) is 0 Å². The molecule has 0 bridgehead atoms. The largest absolute Gasteiger partial charge is 0.299 e. The van der Waals surface area contributed by atoms with Crippen LogP contribution in [-0.4, -0.2) is 11.6 Å². The highest BCUT2D eigenvalue weighted by molar-refractivity contribution is 7.11. The normalized spacial score (nSPS) is 11.7. The van der Waals surface area contributed by atoms with Crippen LogP contribution in [0.4, 0.5) is 0 Å². The quantitative estimate of drug-likeness (QED) is 0.742. The molecule has 108 valence electrons. The third-order valence-corrected chi connectivity index (χ3v) is 4.31. The van der Waals surface area contributed by atoms with Gasteiger partial charge in [0, 0.05) is 4.88 Å². The molecule has 1 heterocycles. The van der Waals surface area contributed by atoms with Gasteiger partial charge < -0.3 is 0 Å². The van der Waals surface area contributed by atoms with Crippen LogP contribution in [0.2, 0.25) is 0 Å². The van der Waals surface area contributed by atoms with Crippen LogP contribution in [0.3, 0.4) is 0 Å². The Morgan fingerprint density at radius 2 is 1.71 bits per heavy atom. The van der Waals surface area contributed by atoms with Gasteiger partial charge in [-0.05, 0) is 42.9 Å². The number of hydrogen-bond acceptors (Lipinski definition) is 3. The monoisotopic (exact) mass is 298 g/mol. The van der Waals surface area contributed by atoms with Crippen LogP contribution in [0.1, 0.15) is 30.7 Å². The zero-order valence-electron chi connectivity index (χ0n) is 12.2. The molecule has 0 N–H and O–H groups in total. The van der Waals surface area contributed by atoms with Crippen LogP contribution in [0.15, 0.2) is 53.9 Å². The van der Waals surface area contributed by atoms with E-state index in [1.54, 1.807) is 11.3 Å². The van der Waals surface area contributed by atoms with Crippen molar-refractivity contribution in [3.05, 3.63) is 64.4 Å². The van der Waals surface area contributed by atoms with Gasteiger partial charge in [-0.2, -0.15) is 0 Å². The van der Waals surface area contributed by atoms with E-state index in [9.17, 15) is 9.59 Å². The van der Waals surface area contributed by atoms with Crippen LogP contribution in [-0.2, 0) is 9.59 Å². The Hall–Kier alpha value is -2.00. The number of thiophene rings is 1. The summed E-state index contributed by atoms with van der Waals surface area (Å²) in [5, 5.41) is 2.03. The maximum absolute atomic E-state index is 11.6. The summed E-state index contributed by atoms with van der Waals surface area (Å²) < 4.78 is 0. The number of carbonyl (C=O) groups is 2. The van der Waals surface area contributed by atoms with Crippen LogP contribution >= 0.6 is 11.3 Å². The predicted octanol–water partition coefficient (Wildman–Crippen LogP) is 4.36. The lowest BCUT2D eigenvalue weighted by Crippen LogP contribution is -2.18. The van der Waals surface area contributed by atoms with Gasteiger partial charge in [0.2, 0.25) is 0 Å². The molecular weight excluding hydrogens is 280 g/mol. The molecule has 3 heteroatoms. The van der Waals surface area contributed by atoms with Crippen molar-refractivity contribution in [1.82, 2.24) is 0 Å². The highest BCUT2D eigenvalue weighted by Crippen LogP contribution is 2.28. The van der Waals surface area contributed by atoms with E-state index >= 15 is 0 Å². The van der Waals surface area contributed by atoms with E-state index in [4.69, 9.17) is 0 Å². The van der Waals surface area contributed by atoms with E-state index in [0.29, 0.717) is 6.42 Å². The number of Topliss-reactive ketones (excluding diaryl/α,β-unsaturated/α-hetero) is 2. The summed E-state index contributed by atoms with van der Waals surface area (Å²) >= 11 is 1.66. The number of benzene rings is 1. The van der Waals surface area contributed by atoms with E-state index in [-0.39, 0.29) is 11.6 Å². The zero-order valence-corrected chi connectivity index (χ0v) is 13.0. The van der Waals surface area contributed by atoms with Crippen molar-refractivity contribution >= 4 is 28.5 Å². The second-order valence-corrected chi connectivity index (χ2v) is 5.92. The summed E-state index contributed by atoms with van der Waals surface area (Å²) in [7, 11) is 0. The Kier molecular flexibility index (Phi) is 5.23. The lowest BCUT2D eigenvalue weighted by molar-refractivity contribution is -0.130. The fourth-order valence-corrected chi connectivity index (χ4v) is 3.05. The SMILES string of the molecule is CC(=O)C(C/C=C(/c1ccccc1)c1cccs1)C(C)=O. The molecule has 2 rings (SSSR count). The molecule has 1 aromatic carbocycles. The number of ketones is 2. The maximum atomic E-state index is 11.6. The summed E-state index contributed by atoms with van der Waals surface area (Å²) in [6, 6.07) is 14.1. The van der Waals surface area contributed by atoms with Crippen molar-refractivity contribution < 1.29 is 9.59 Å². The average molecular weight is 298 g/mol. The molecule has 21 heavy (non-hydrogen) atoms. The van der Waals surface area contributed by atoms with Gasteiger partial charge >= 0.3 is 0 Å². The van der Waals surface area contributed by atoms with E-state index < -0.39 is 5.92 Å². The first-order valence-corrected chi connectivity index (χ1v) is 7.78. The standard InChI is InChI=1S/C18H18O2S/c1-13(19)16(14(2)20)10-11-17(18-9-6-12-21-18)15-7-4-3-5-8-15/h3-9,11-12,16H,10H2,1-2H3/b17-11-. The minimum Gasteiger partial charge on any atom is -0.299 e. The average Bonchev–Trinajstić information content (AvgIpc) is 2.97. The molecule has 0 radical (unpaired) electrons. The van der Waals surface area contributed by atoms with Gasteiger partial charge in [-0.3, -0.25) is 9.59 Å². The predicted molar refractivity (Wildman–Crippen MR) is 87.3 cm³/mol. The molecule has 1 aromatic heterocycles. The second kappa shape index (κ2) is 7.14. The molecule has 0 aliphatic heterocycles. The third kappa shape index (κ3) is 3.99. The molecule has 0 fully saturated rings. The van der Waals surface area contributed by atoms with Gasteiger partial charge in [-0.1, -0.05) is 42.5 Å². The number of rotatable bonds is 6. The summed E-state index contributed by atoms with van der Waals surface area (Å²) in [5.41, 5.74) is 2.18. The fourth-order valence-electron chi connectivity index (χ4n) is 2.26. The minimum atomic E-state index is -0.538. The highest BCUT2D eigenvalue weighted by Gasteiger charge is 2.18. The van der Waals surface area contributed by atoms with Gasteiger partial charge in [-0.15, -0.1) is 11.3 Å². The molecule has 0 unspecified atom stereocenters. The first-order valence-electron chi connectivity index (χ1n) is 6.90. The summed E-state index contributed by atoms with van der Waals surface area (Å²) in [5.74, 6) is -0.682. The van der Waals surface area contributed by atoms with E-state index in [0.717, 1.165) is 16.0 Å². The van der Waals surface area contributed by atoms with Gasteiger partial charge in [0.15, 0.2) is 0 Å². The van der Waals surface area contributed by atoms with Crippen molar-refractivity contribution in [3.8, 4) is 0 Å². The molecular formula is C18H18O2S. The Labute approximate surface area is 129 Å². The molecule has 0 spiro atoms. The van der Waals surface area contributed by atoms with E-state index in [2.05, 4.69) is 6.07 Å². The van der Waals surface area contributed by atoms with Gasteiger partial charge in [0.25, 0.3) is 0 Å². The first kappa shape index (κ1) is 15.4. The summed E-state index contributed by atoms with van der Waals surface area (Å²) in [6.07, 6.45) is 2.46. The summed E-state index contributed by atoms with van der Waals surface area (Å²) in [4.78, 5) is 24.3. The lowest BCUT2D eigenvalue weighted by Gasteiger charge is -2.10. The smallest absolute Gasteiger partial charge is 0.140 e. The molecule has 0 amide bonds. The Morgan fingerprint density at radius 3 is 2.24 bits per heavy atom. The van der Waals surface area contributed by atoms with Crippen LogP contribution < -0.4 is 0 Å². The molecule has 0 saturated carbocycles. The highest BCUT2D eigenvalue weighted by atomic mass is 32.1. The van der Waals surface area contributed by atoms with Gasteiger partial charge in [-0.25, -0.2) is 0 Å². The molecule has 0 aliphatic carbocycles. The summed E-state index contributed by atoms with van der Waals surface area (Å²) in [6.45, 7) is 2.96. The molecule has 0 saturated heterocycles. The van der Waals surface area contributed by atoms with Crippen molar-refractivity contribution in [2.24, 2.45) is 5.92 Å². The Bertz CT molecular complexity index is 625. The lowest BCUT2D eigenvalue weighted by atomic mass is 9.94. The molecule has 2 aromatic rings. The third-order valence-electron chi connectivity index (χ3n) is 3.41. The van der Waals surface area contributed by atoms with E-state index in [1.807, 2.05) is 47.9 Å². The van der Waals surface area contributed by atoms with Crippen LogP contribution in [0.5, 0.6) is 0 Å². The zero-order chi connectivity index (χ0) is 15.2. The number of carbonyl (C=O) groups excluding carboxylic acids is 2. The second-order valence-electron chi connectivity index (χ2n) is 4.97. The van der Waals surface area contributed by atoms with Crippen LogP contribution in [0.25, 0.3) is 5.57 Å². The van der Waals surface area contributed by atoms with Crippen molar-refractivity contribution in [1.29, 1.82) is 0 Å². The van der Waals surface area contributed by atoms with E-state index in [1.165, 1.54) is 13.8 Å². The number of allylic oxidation sites excluding steroid dienone is 1. The molecule has 2 nitrogen and oxygen atoms in total. The molecule has 0 atom stereocenters. The maximum Gasteiger partial charge on any atom is 0.140 e. The van der Waals surface area contributed by atoms with Crippen molar-refractivity contribution in [2.45, 2.75) is 20.3 Å². The first-order chi connectivity index (χ1) is 10.1. The fraction of sp³-hybridized carbons (Fsp3) is 0.222. The van der Waals surface area contributed by atoms with Crippen LogP contribution in [0, 0.1) is 5.92 Å².